The Labute approximate surface area is 121 Å². The largest absolute Gasteiger partial charge is 0.452 e. The highest BCUT2D eigenvalue weighted by molar-refractivity contribution is 5.89. The molecule has 21 heavy (non-hydrogen) atoms. The second-order valence-electron chi connectivity index (χ2n) is 4.14. The highest BCUT2D eigenvalue weighted by Gasteiger charge is 2.05. The maximum atomic E-state index is 11.4. The zero-order valence-corrected chi connectivity index (χ0v) is 11.6. The van der Waals surface area contributed by atoms with Crippen LogP contribution in [-0.4, -0.2) is 30.0 Å². The summed E-state index contributed by atoms with van der Waals surface area (Å²) in [4.78, 5) is 32.6. The SMILES string of the molecule is CCCNC(=O)COC(=O)C=Cc1ccc([N+](=O)[O-])cc1. The van der Waals surface area contributed by atoms with Crippen LogP contribution in [-0.2, 0) is 14.3 Å². The monoisotopic (exact) mass is 292 g/mol. The van der Waals surface area contributed by atoms with Gasteiger partial charge in [-0.05, 0) is 30.2 Å². The number of carbonyl (C=O) groups is 2. The van der Waals surface area contributed by atoms with E-state index in [-0.39, 0.29) is 18.2 Å². The zero-order chi connectivity index (χ0) is 15.7. The minimum absolute atomic E-state index is 0.0256. The third-order valence-corrected chi connectivity index (χ3v) is 2.43. The first-order valence-corrected chi connectivity index (χ1v) is 6.39. The number of hydrogen-bond acceptors (Lipinski definition) is 5. The van der Waals surface area contributed by atoms with E-state index in [1.54, 1.807) is 0 Å². The number of non-ortho nitro benzene ring substituents is 1. The van der Waals surface area contributed by atoms with Gasteiger partial charge in [-0.1, -0.05) is 6.92 Å². The number of ether oxygens (including phenoxy) is 1. The smallest absolute Gasteiger partial charge is 0.331 e. The molecule has 1 aromatic carbocycles. The van der Waals surface area contributed by atoms with Crippen molar-refractivity contribution in [2.24, 2.45) is 0 Å². The van der Waals surface area contributed by atoms with E-state index < -0.39 is 10.9 Å². The fourth-order valence-corrected chi connectivity index (χ4v) is 1.37. The molecule has 0 aromatic heterocycles. The summed E-state index contributed by atoms with van der Waals surface area (Å²) in [5, 5.41) is 13.1. The molecule has 0 radical (unpaired) electrons. The third kappa shape index (κ3) is 6.33. The van der Waals surface area contributed by atoms with Gasteiger partial charge in [-0.3, -0.25) is 14.9 Å². The van der Waals surface area contributed by atoms with E-state index >= 15 is 0 Å². The summed E-state index contributed by atoms with van der Waals surface area (Å²) >= 11 is 0. The topological polar surface area (TPSA) is 98.5 Å². The van der Waals surface area contributed by atoms with Crippen LogP contribution >= 0.6 is 0 Å². The number of carbonyl (C=O) groups excluding carboxylic acids is 2. The molecular weight excluding hydrogens is 276 g/mol. The van der Waals surface area contributed by atoms with Gasteiger partial charge >= 0.3 is 5.97 Å². The van der Waals surface area contributed by atoms with Crippen LogP contribution in [0.25, 0.3) is 6.08 Å². The van der Waals surface area contributed by atoms with Crippen LogP contribution in [0.2, 0.25) is 0 Å². The van der Waals surface area contributed by atoms with Gasteiger partial charge in [0.25, 0.3) is 11.6 Å². The Kier molecular flexibility index (Phi) is 6.59. The molecular formula is C14H16N2O5. The molecule has 0 saturated carbocycles. The van der Waals surface area contributed by atoms with E-state index in [4.69, 9.17) is 4.74 Å². The maximum absolute atomic E-state index is 11.4. The summed E-state index contributed by atoms with van der Waals surface area (Å²) in [6, 6.07) is 5.69. The van der Waals surface area contributed by atoms with Gasteiger partial charge < -0.3 is 10.1 Å². The van der Waals surface area contributed by atoms with Gasteiger partial charge in [-0.2, -0.15) is 0 Å². The quantitative estimate of drug-likeness (QED) is 0.357. The fourth-order valence-electron chi connectivity index (χ4n) is 1.37. The molecule has 0 fully saturated rings. The molecule has 0 aliphatic rings. The first kappa shape index (κ1) is 16.4. The molecule has 1 amide bonds. The zero-order valence-electron chi connectivity index (χ0n) is 11.6. The molecule has 1 aromatic rings. The second-order valence-corrected chi connectivity index (χ2v) is 4.14. The van der Waals surface area contributed by atoms with Gasteiger partial charge in [0, 0.05) is 24.8 Å². The van der Waals surface area contributed by atoms with Crippen molar-refractivity contribution in [1.29, 1.82) is 0 Å². The molecule has 0 unspecified atom stereocenters. The number of amides is 1. The summed E-state index contributed by atoms with van der Waals surface area (Å²) in [6.45, 7) is 2.12. The lowest BCUT2D eigenvalue weighted by molar-refractivity contribution is -0.384. The maximum Gasteiger partial charge on any atom is 0.331 e. The molecule has 0 spiro atoms. The van der Waals surface area contributed by atoms with Crippen LogP contribution in [0.3, 0.4) is 0 Å². The number of benzene rings is 1. The van der Waals surface area contributed by atoms with Crippen LogP contribution in [0.4, 0.5) is 5.69 Å². The standard InChI is InChI=1S/C14H16N2O5/c1-2-9-15-13(17)10-21-14(18)8-5-11-3-6-12(7-4-11)16(19)20/h3-8H,2,9-10H2,1H3,(H,15,17). The molecule has 112 valence electrons. The van der Waals surface area contributed by atoms with Crippen LogP contribution in [0.1, 0.15) is 18.9 Å². The second kappa shape index (κ2) is 8.47. The molecule has 0 bridgehead atoms. The van der Waals surface area contributed by atoms with Crippen molar-refractivity contribution in [3.8, 4) is 0 Å². The molecule has 0 saturated heterocycles. The van der Waals surface area contributed by atoms with Crippen LogP contribution in [0, 0.1) is 10.1 Å². The van der Waals surface area contributed by atoms with Crippen molar-refractivity contribution in [2.75, 3.05) is 13.2 Å². The van der Waals surface area contributed by atoms with Crippen molar-refractivity contribution in [3.05, 3.63) is 46.0 Å². The van der Waals surface area contributed by atoms with E-state index in [1.165, 1.54) is 30.3 Å². The van der Waals surface area contributed by atoms with Crippen molar-refractivity contribution in [3.63, 3.8) is 0 Å². The van der Waals surface area contributed by atoms with Gasteiger partial charge in [0.05, 0.1) is 4.92 Å². The number of nitrogens with one attached hydrogen (secondary N) is 1. The molecule has 0 aliphatic heterocycles. The van der Waals surface area contributed by atoms with E-state index in [0.29, 0.717) is 12.1 Å². The Morgan fingerprint density at radius 1 is 1.33 bits per heavy atom. The van der Waals surface area contributed by atoms with E-state index in [0.717, 1.165) is 12.5 Å². The summed E-state index contributed by atoms with van der Waals surface area (Å²) in [5.74, 6) is -1.01. The van der Waals surface area contributed by atoms with Gasteiger partial charge in [0.2, 0.25) is 0 Å². The number of hydrogen-bond donors (Lipinski definition) is 1. The predicted molar refractivity (Wildman–Crippen MR) is 76.4 cm³/mol. The molecule has 7 heteroatoms. The Morgan fingerprint density at radius 3 is 2.57 bits per heavy atom. The minimum Gasteiger partial charge on any atom is -0.452 e. The van der Waals surface area contributed by atoms with Gasteiger partial charge in [-0.15, -0.1) is 0 Å². The predicted octanol–water partition coefficient (Wildman–Crippen LogP) is 1.68. The van der Waals surface area contributed by atoms with Gasteiger partial charge in [0.15, 0.2) is 6.61 Å². The minimum atomic E-state index is -0.653. The van der Waals surface area contributed by atoms with Crippen LogP contribution in [0.5, 0.6) is 0 Å². The first-order chi connectivity index (χ1) is 10.0. The van der Waals surface area contributed by atoms with Crippen LogP contribution < -0.4 is 5.32 Å². The molecule has 0 heterocycles. The number of nitro groups is 1. The lowest BCUT2D eigenvalue weighted by atomic mass is 10.2. The van der Waals surface area contributed by atoms with Crippen molar-refractivity contribution >= 4 is 23.6 Å². The molecule has 0 aliphatic carbocycles. The van der Waals surface area contributed by atoms with Gasteiger partial charge in [-0.25, -0.2) is 4.79 Å². The lowest BCUT2D eigenvalue weighted by Gasteiger charge is -2.03. The van der Waals surface area contributed by atoms with Gasteiger partial charge in [0.1, 0.15) is 0 Å². The fraction of sp³-hybridized carbons (Fsp3) is 0.286. The Bertz CT molecular complexity index is 537. The number of rotatable bonds is 7. The molecule has 7 nitrogen and oxygen atoms in total. The number of nitrogens with zero attached hydrogens (tertiary/aromatic N) is 1. The number of nitro benzene ring substituents is 1. The highest BCUT2D eigenvalue weighted by Crippen LogP contribution is 2.12. The summed E-state index contributed by atoms with van der Waals surface area (Å²) in [5.41, 5.74) is 0.593. The number of esters is 1. The summed E-state index contributed by atoms with van der Waals surface area (Å²) < 4.78 is 4.74. The average Bonchev–Trinajstić information content (AvgIpc) is 2.49. The Balaban J connectivity index is 2.43. The third-order valence-electron chi connectivity index (χ3n) is 2.43. The molecule has 1 N–H and O–H groups in total. The van der Waals surface area contributed by atoms with E-state index in [2.05, 4.69) is 5.32 Å². The molecule has 0 atom stereocenters. The summed E-state index contributed by atoms with van der Waals surface area (Å²) in [7, 11) is 0. The van der Waals surface area contributed by atoms with E-state index in [1.807, 2.05) is 6.92 Å². The van der Waals surface area contributed by atoms with E-state index in [9.17, 15) is 19.7 Å². The Morgan fingerprint density at radius 2 is 2.00 bits per heavy atom. The van der Waals surface area contributed by atoms with Crippen LogP contribution in [0.15, 0.2) is 30.3 Å². The van der Waals surface area contributed by atoms with Crippen molar-refractivity contribution in [2.45, 2.75) is 13.3 Å². The highest BCUT2D eigenvalue weighted by atomic mass is 16.6. The van der Waals surface area contributed by atoms with Crippen molar-refractivity contribution < 1.29 is 19.2 Å². The van der Waals surface area contributed by atoms with Crippen molar-refractivity contribution in [1.82, 2.24) is 5.32 Å². The summed E-state index contributed by atoms with van der Waals surface area (Å²) in [6.07, 6.45) is 3.42. The first-order valence-electron chi connectivity index (χ1n) is 6.39. The Hall–Kier alpha value is -2.70. The lowest BCUT2D eigenvalue weighted by Crippen LogP contribution is -2.28. The average molecular weight is 292 g/mol. The molecule has 1 rings (SSSR count). The normalized spacial score (nSPS) is 10.3.